The van der Waals surface area contributed by atoms with Crippen LogP contribution in [-0.4, -0.2) is 202 Å². The van der Waals surface area contributed by atoms with E-state index >= 15 is 0 Å². The highest BCUT2D eigenvalue weighted by molar-refractivity contribution is 7.92. The van der Waals surface area contributed by atoms with Gasteiger partial charge in [0.25, 0.3) is 0 Å². The van der Waals surface area contributed by atoms with Gasteiger partial charge in [-0.2, -0.15) is 0 Å². The number of methoxy groups -OCH3 is 1. The molecule has 3 aliphatic rings. The van der Waals surface area contributed by atoms with Crippen LogP contribution < -0.4 is 20.3 Å². The van der Waals surface area contributed by atoms with Crippen LogP contribution in [0, 0.1) is 12.3 Å². The van der Waals surface area contributed by atoms with Crippen molar-refractivity contribution in [3.05, 3.63) is 117 Å². The minimum absolute atomic E-state index is 0.0127. The molecular weight excluding hydrogens is 1200 g/mol. The number of benzene rings is 3. The Morgan fingerprint density at radius 3 is 2.09 bits per heavy atom. The van der Waals surface area contributed by atoms with Crippen molar-refractivity contribution >= 4 is 62.1 Å². The van der Waals surface area contributed by atoms with E-state index in [2.05, 4.69) is 48.6 Å². The molecule has 5 heterocycles. The number of halogens is 1. The second-order valence-electron chi connectivity index (χ2n) is 24.2. The number of hydrogen-bond acceptors (Lipinski definition) is 18. The summed E-state index contributed by atoms with van der Waals surface area (Å²) in [5.41, 5.74) is 7.24. The van der Waals surface area contributed by atoms with E-state index in [1.165, 1.54) is 4.90 Å². The first kappa shape index (κ1) is 68.8. The van der Waals surface area contributed by atoms with Crippen molar-refractivity contribution in [3.8, 4) is 16.2 Å². The second-order valence-corrected chi connectivity index (χ2v) is 27.9. The lowest BCUT2D eigenvalue weighted by molar-refractivity contribution is -0.144. The molecule has 24 heteroatoms. The monoisotopic (exact) mass is 1290 g/mol. The van der Waals surface area contributed by atoms with Crippen molar-refractivity contribution in [3.63, 3.8) is 0 Å². The van der Waals surface area contributed by atoms with E-state index in [-0.39, 0.29) is 68.2 Å². The Hall–Kier alpha value is -6.15. The van der Waals surface area contributed by atoms with Crippen molar-refractivity contribution in [1.29, 1.82) is 0 Å². The van der Waals surface area contributed by atoms with Crippen molar-refractivity contribution in [2.45, 2.75) is 127 Å². The number of nitrogens with one attached hydrogen (secondary N) is 2. The molecule has 21 nitrogen and oxygen atoms in total. The van der Waals surface area contributed by atoms with Crippen LogP contribution in [0.5, 0.6) is 5.75 Å². The third kappa shape index (κ3) is 19.2. The lowest BCUT2D eigenvalue weighted by atomic mass is 9.85. The molecule has 0 bridgehead atoms. The Morgan fingerprint density at radius 2 is 1.46 bits per heavy atom. The second kappa shape index (κ2) is 32.7. The summed E-state index contributed by atoms with van der Waals surface area (Å²) in [4.78, 5) is 76.9. The molecule has 3 N–H and O–H groups in total. The zero-order valence-electron chi connectivity index (χ0n) is 52.4. The average Bonchev–Trinajstić information content (AvgIpc) is 2.86. The largest absolute Gasteiger partial charge is 0.496 e. The minimum Gasteiger partial charge on any atom is -0.496 e. The Morgan fingerprint density at radius 1 is 0.809 bits per heavy atom. The standard InChI is InChI=1S/C65H88ClN9O12S2/c1-44(2)89(81,82)57-11-9-8-10-49(57)36-54-53(66)41-67-58(70-54)37-48-16-17-51(38-56(48)83-7)72-22-18-50(19-23-72)73-24-26-74(27-25-73)60(78)21-29-85-31-33-87-35-34-86-32-30-84-28-20-59(77)71-62(65(4,5)6)64(80)75-42-52(76)39-55(75)63(79)68-40-46-12-14-47(15-13-46)61-45(3)69-43-88-61/h8-17,38,41,43-44,50,52,55,62,76H,18-37,39-40,42H2,1-7H3,(H,68,79)(H,71,77)/t52-,55+,62-/m1/s1. The van der Waals surface area contributed by atoms with E-state index in [0.29, 0.717) is 93.7 Å². The minimum atomic E-state index is -3.50. The molecule has 3 fully saturated rings. The summed E-state index contributed by atoms with van der Waals surface area (Å²) in [5.74, 6) is 0.220. The van der Waals surface area contributed by atoms with E-state index in [9.17, 15) is 32.7 Å². The first-order valence-corrected chi connectivity index (χ1v) is 33.6. The van der Waals surface area contributed by atoms with Crippen molar-refractivity contribution in [2.24, 2.45) is 5.41 Å². The number of amides is 4. The predicted molar refractivity (Wildman–Crippen MR) is 342 cm³/mol. The Balaban J connectivity index is 0.639. The van der Waals surface area contributed by atoms with E-state index in [0.717, 1.165) is 77.7 Å². The van der Waals surface area contributed by atoms with E-state index < -0.39 is 44.6 Å². The number of aliphatic hydroxyl groups excluding tert-OH is 1. The number of aliphatic hydroxyl groups is 1. The molecule has 3 atom stereocenters. The molecule has 3 aromatic carbocycles. The van der Waals surface area contributed by atoms with E-state index in [1.807, 2.05) is 68.4 Å². The number of likely N-dealkylation sites (tertiary alicyclic amines) is 1. The number of rotatable bonds is 30. The molecule has 0 saturated carbocycles. The lowest BCUT2D eigenvalue weighted by Gasteiger charge is -2.43. The van der Waals surface area contributed by atoms with E-state index in [4.69, 9.17) is 40.3 Å². The number of hydrogen-bond donors (Lipinski definition) is 3. The summed E-state index contributed by atoms with van der Waals surface area (Å²) in [7, 11) is -1.84. The topological polar surface area (TPSA) is 244 Å². The number of carbonyl (C=O) groups is 4. The van der Waals surface area contributed by atoms with Gasteiger partial charge in [0, 0.05) is 108 Å². The highest BCUT2D eigenvalue weighted by Crippen LogP contribution is 2.33. The quantitative estimate of drug-likeness (QED) is 0.0405. The molecule has 89 heavy (non-hydrogen) atoms. The summed E-state index contributed by atoms with van der Waals surface area (Å²) in [6, 6.07) is 19.7. The molecule has 2 aromatic heterocycles. The average molecular weight is 1290 g/mol. The molecule has 0 unspecified atom stereocenters. The highest BCUT2D eigenvalue weighted by atomic mass is 35.5. The summed E-state index contributed by atoms with van der Waals surface area (Å²) in [5, 5.41) is 16.2. The number of sulfone groups is 1. The normalized spacial score (nSPS) is 17.3. The van der Waals surface area contributed by atoms with Crippen LogP contribution in [0.2, 0.25) is 5.02 Å². The molecule has 0 radical (unpaired) electrons. The summed E-state index contributed by atoms with van der Waals surface area (Å²) in [6.07, 6.45) is 3.82. The van der Waals surface area contributed by atoms with Crippen molar-refractivity contribution in [2.75, 3.05) is 111 Å². The number of ether oxygens (including phenoxy) is 5. The molecule has 5 aromatic rings. The van der Waals surface area contributed by atoms with Crippen LogP contribution >= 0.6 is 22.9 Å². The summed E-state index contributed by atoms with van der Waals surface area (Å²) >= 11 is 8.14. The molecule has 3 aliphatic heterocycles. The van der Waals surface area contributed by atoms with Crippen LogP contribution in [-0.2, 0) is 67.3 Å². The van der Waals surface area contributed by atoms with Crippen molar-refractivity contribution in [1.82, 2.24) is 40.3 Å². The molecule has 484 valence electrons. The lowest BCUT2D eigenvalue weighted by Crippen LogP contribution is -2.57. The molecule has 3 saturated heterocycles. The third-order valence-electron chi connectivity index (χ3n) is 16.5. The van der Waals surface area contributed by atoms with Gasteiger partial charge in [0.05, 0.1) is 109 Å². The fourth-order valence-corrected chi connectivity index (χ4v) is 13.6. The Kier molecular flexibility index (Phi) is 25.3. The van der Waals surface area contributed by atoms with Gasteiger partial charge in [0.2, 0.25) is 23.6 Å². The van der Waals surface area contributed by atoms with Gasteiger partial charge in [-0.1, -0.05) is 80.9 Å². The van der Waals surface area contributed by atoms with Gasteiger partial charge in [-0.05, 0) is 67.9 Å². The fourth-order valence-electron chi connectivity index (χ4n) is 11.3. The Bertz CT molecular complexity index is 3260. The molecule has 8 rings (SSSR count). The number of aryl methyl sites for hydroxylation is 1. The van der Waals surface area contributed by atoms with E-state index in [1.54, 1.807) is 56.7 Å². The first-order chi connectivity index (χ1) is 42.7. The number of aromatic nitrogens is 3. The number of piperazine rings is 1. The molecule has 4 amide bonds. The van der Waals surface area contributed by atoms with Crippen LogP contribution in [0.1, 0.15) is 101 Å². The molecule has 0 spiro atoms. The van der Waals surface area contributed by atoms with Gasteiger partial charge < -0.3 is 54.1 Å². The number of thiazole rings is 1. The SMILES string of the molecule is COc1cc(N2CCC(N3CCN(C(=O)CCOCCOCCOCCOCCC(=O)N[C@H](C(=O)N4C[C@H](O)C[C@H]4C(=O)NCc4ccc(-c5scnc5C)cc4)C(C)(C)C)CC3)CC2)ccc1Cc1ncc(Cl)c(Cc2ccccc2S(=O)(=O)C(C)C)n1. The maximum Gasteiger partial charge on any atom is 0.246 e. The van der Waals surface area contributed by atoms with Gasteiger partial charge in [-0.3, -0.25) is 24.1 Å². The van der Waals surface area contributed by atoms with Crippen molar-refractivity contribution < 1.29 is 56.4 Å². The maximum atomic E-state index is 14.0. The molecular formula is C65H88ClN9O12S2. The maximum absolute atomic E-state index is 14.0. The van der Waals surface area contributed by atoms with Crippen LogP contribution in [0.25, 0.3) is 10.4 Å². The van der Waals surface area contributed by atoms with Gasteiger partial charge in [-0.25, -0.2) is 23.4 Å². The van der Waals surface area contributed by atoms with Gasteiger partial charge in [0.1, 0.15) is 23.7 Å². The number of piperidine rings is 1. The first-order valence-electron chi connectivity index (χ1n) is 30.8. The van der Waals surface area contributed by atoms with Gasteiger partial charge >= 0.3 is 0 Å². The third-order valence-corrected chi connectivity index (χ3v) is 20.1. The summed E-state index contributed by atoms with van der Waals surface area (Å²) in [6.45, 7) is 18.4. The number of β-amino-alcohol motifs (C(OH)–C–C–N with tert-alkyl or cyclic N) is 1. The van der Waals surface area contributed by atoms with Crippen LogP contribution in [0.4, 0.5) is 5.69 Å². The van der Waals surface area contributed by atoms with Gasteiger partial charge in [-0.15, -0.1) is 11.3 Å². The van der Waals surface area contributed by atoms with Gasteiger partial charge in [0.15, 0.2) is 9.84 Å². The number of anilines is 1. The van der Waals surface area contributed by atoms with Crippen LogP contribution in [0.15, 0.2) is 83.3 Å². The molecule has 0 aliphatic carbocycles. The Labute approximate surface area is 533 Å². The zero-order chi connectivity index (χ0) is 63.7. The number of carbonyl (C=O) groups excluding carboxylic acids is 4. The predicted octanol–water partition coefficient (Wildman–Crippen LogP) is 6.70. The number of nitrogens with zero attached hydrogens (tertiary/aromatic N) is 7. The zero-order valence-corrected chi connectivity index (χ0v) is 54.8. The highest BCUT2D eigenvalue weighted by Gasteiger charge is 2.44. The van der Waals surface area contributed by atoms with Crippen LogP contribution in [0.3, 0.4) is 0 Å². The smallest absolute Gasteiger partial charge is 0.246 e. The fraction of sp³-hybridized carbons (Fsp3) is 0.554. The summed E-state index contributed by atoms with van der Waals surface area (Å²) < 4.78 is 54.7.